The molecular formula is C13H20N2OS. The van der Waals surface area contributed by atoms with Crippen LogP contribution >= 0.6 is 11.8 Å². The van der Waals surface area contributed by atoms with Gasteiger partial charge in [-0.1, -0.05) is 36.8 Å². The van der Waals surface area contributed by atoms with E-state index in [1.165, 1.54) is 0 Å². The Labute approximate surface area is 107 Å². The van der Waals surface area contributed by atoms with E-state index < -0.39 is 6.04 Å². The van der Waals surface area contributed by atoms with Crippen LogP contribution in [0.2, 0.25) is 0 Å². The van der Waals surface area contributed by atoms with Crippen LogP contribution in [0.3, 0.4) is 0 Å². The van der Waals surface area contributed by atoms with E-state index in [2.05, 4.69) is 12.2 Å². The molecule has 0 aliphatic heterocycles. The van der Waals surface area contributed by atoms with Crippen LogP contribution < -0.4 is 11.1 Å². The van der Waals surface area contributed by atoms with E-state index in [1.54, 1.807) is 11.8 Å². The molecule has 0 aliphatic carbocycles. The van der Waals surface area contributed by atoms with Crippen molar-refractivity contribution in [3.8, 4) is 0 Å². The summed E-state index contributed by atoms with van der Waals surface area (Å²) in [5, 5.41) is 3.27. The maximum absolute atomic E-state index is 11.8. The molecule has 3 N–H and O–H groups in total. The van der Waals surface area contributed by atoms with Crippen LogP contribution in [-0.4, -0.2) is 24.0 Å². The van der Waals surface area contributed by atoms with E-state index in [0.717, 1.165) is 11.1 Å². The Bertz CT molecular complexity index is 364. The monoisotopic (exact) mass is 252 g/mol. The van der Waals surface area contributed by atoms with Crippen molar-refractivity contribution in [1.29, 1.82) is 0 Å². The Hall–Kier alpha value is -1.00. The third-order valence-electron chi connectivity index (χ3n) is 2.69. The van der Waals surface area contributed by atoms with Gasteiger partial charge in [-0.15, -0.1) is 0 Å². The number of aryl methyl sites for hydroxylation is 1. The second-order valence-electron chi connectivity index (χ2n) is 4.18. The van der Waals surface area contributed by atoms with Crippen molar-refractivity contribution in [2.75, 3.05) is 12.8 Å². The van der Waals surface area contributed by atoms with Crippen LogP contribution in [0.4, 0.5) is 0 Å². The Morgan fingerprint density at radius 1 is 1.41 bits per heavy atom. The summed E-state index contributed by atoms with van der Waals surface area (Å²) in [6.45, 7) is 4.73. The van der Waals surface area contributed by atoms with E-state index in [9.17, 15) is 4.79 Å². The largest absolute Gasteiger partial charge is 0.353 e. The van der Waals surface area contributed by atoms with Gasteiger partial charge in [0, 0.05) is 11.8 Å². The highest BCUT2D eigenvalue weighted by Gasteiger charge is 2.15. The molecule has 2 unspecified atom stereocenters. The van der Waals surface area contributed by atoms with Gasteiger partial charge in [-0.3, -0.25) is 4.79 Å². The minimum absolute atomic E-state index is 0.116. The fourth-order valence-electron chi connectivity index (χ4n) is 1.36. The van der Waals surface area contributed by atoms with Gasteiger partial charge in [-0.2, -0.15) is 11.8 Å². The summed E-state index contributed by atoms with van der Waals surface area (Å²) in [6, 6.07) is 7.15. The molecule has 0 spiro atoms. The molecule has 1 aromatic carbocycles. The van der Waals surface area contributed by atoms with Crippen LogP contribution in [0.25, 0.3) is 0 Å². The average molecular weight is 252 g/mol. The SMILES string of the molecule is CSC(C)CNC(=O)C(N)c1ccc(C)cc1. The van der Waals surface area contributed by atoms with Gasteiger partial charge in [0.2, 0.25) is 5.91 Å². The van der Waals surface area contributed by atoms with Crippen LogP contribution in [0, 0.1) is 6.92 Å². The van der Waals surface area contributed by atoms with Crippen molar-refractivity contribution in [2.24, 2.45) is 5.73 Å². The molecule has 94 valence electrons. The van der Waals surface area contributed by atoms with E-state index in [4.69, 9.17) is 5.73 Å². The van der Waals surface area contributed by atoms with Crippen molar-refractivity contribution < 1.29 is 4.79 Å². The third-order valence-corrected chi connectivity index (χ3v) is 3.66. The molecular weight excluding hydrogens is 232 g/mol. The smallest absolute Gasteiger partial charge is 0.241 e. The highest BCUT2D eigenvalue weighted by Crippen LogP contribution is 2.11. The Balaban J connectivity index is 2.54. The topological polar surface area (TPSA) is 55.1 Å². The van der Waals surface area contributed by atoms with Crippen LogP contribution in [0.1, 0.15) is 24.1 Å². The quantitative estimate of drug-likeness (QED) is 0.841. The molecule has 0 fully saturated rings. The highest BCUT2D eigenvalue weighted by molar-refractivity contribution is 7.99. The predicted octanol–water partition coefficient (Wildman–Crippen LogP) is 1.86. The summed E-state index contributed by atoms with van der Waals surface area (Å²) in [5.74, 6) is -0.116. The van der Waals surface area contributed by atoms with Gasteiger partial charge in [0.05, 0.1) is 0 Å². The lowest BCUT2D eigenvalue weighted by atomic mass is 10.1. The van der Waals surface area contributed by atoms with Crippen LogP contribution in [-0.2, 0) is 4.79 Å². The number of thioether (sulfide) groups is 1. The Kier molecular flexibility index (Phi) is 5.51. The standard InChI is InChI=1S/C13H20N2OS/c1-9-4-6-11(7-5-9)12(14)13(16)15-8-10(2)17-3/h4-7,10,12H,8,14H2,1-3H3,(H,15,16). The zero-order valence-corrected chi connectivity index (χ0v) is 11.4. The Morgan fingerprint density at radius 2 is 2.00 bits per heavy atom. The molecule has 1 rings (SSSR count). The summed E-state index contributed by atoms with van der Waals surface area (Å²) in [5.41, 5.74) is 7.91. The molecule has 0 saturated heterocycles. The Morgan fingerprint density at radius 3 is 2.53 bits per heavy atom. The number of nitrogens with one attached hydrogen (secondary N) is 1. The lowest BCUT2D eigenvalue weighted by Gasteiger charge is -2.15. The maximum Gasteiger partial charge on any atom is 0.241 e. The molecule has 2 atom stereocenters. The normalized spacial score (nSPS) is 14.1. The molecule has 0 radical (unpaired) electrons. The van der Waals surface area contributed by atoms with Crippen molar-refractivity contribution >= 4 is 17.7 Å². The first kappa shape index (κ1) is 14.1. The fourth-order valence-corrected chi connectivity index (χ4v) is 1.61. The lowest BCUT2D eigenvalue weighted by Crippen LogP contribution is -2.37. The minimum Gasteiger partial charge on any atom is -0.353 e. The van der Waals surface area contributed by atoms with Gasteiger partial charge in [-0.05, 0) is 18.7 Å². The van der Waals surface area contributed by atoms with E-state index in [1.807, 2.05) is 37.4 Å². The third kappa shape index (κ3) is 4.40. The number of amides is 1. The summed E-state index contributed by atoms with van der Waals surface area (Å²) in [7, 11) is 0. The van der Waals surface area contributed by atoms with Crippen molar-refractivity contribution in [2.45, 2.75) is 25.1 Å². The van der Waals surface area contributed by atoms with Gasteiger partial charge in [0.25, 0.3) is 0 Å². The van der Waals surface area contributed by atoms with Gasteiger partial charge in [-0.25, -0.2) is 0 Å². The summed E-state index contributed by atoms with van der Waals surface area (Å²) >= 11 is 1.72. The summed E-state index contributed by atoms with van der Waals surface area (Å²) in [4.78, 5) is 11.8. The molecule has 1 aromatic rings. The molecule has 1 amide bonds. The molecule has 4 heteroatoms. The maximum atomic E-state index is 11.8. The first-order valence-corrected chi connectivity index (χ1v) is 6.96. The van der Waals surface area contributed by atoms with Crippen molar-refractivity contribution in [3.05, 3.63) is 35.4 Å². The predicted molar refractivity (Wildman–Crippen MR) is 74.1 cm³/mol. The lowest BCUT2D eigenvalue weighted by molar-refractivity contribution is -0.122. The van der Waals surface area contributed by atoms with E-state index in [-0.39, 0.29) is 5.91 Å². The van der Waals surface area contributed by atoms with Crippen LogP contribution in [0.15, 0.2) is 24.3 Å². The number of benzene rings is 1. The number of hydrogen-bond donors (Lipinski definition) is 2. The number of nitrogens with two attached hydrogens (primary N) is 1. The second kappa shape index (κ2) is 6.67. The molecule has 17 heavy (non-hydrogen) atoms. The van der Waals surface area contributed by atoms with E-state index >= 15 is 0 Å². The average Bonchev–Trinajstić information content (AvgIpc) is 2.35. The fraction of sp³-hybridized carbons (Fsp3) is 0.462. The molecule has 0 aromatic heterocycles. The first-order valence-electron chi connectivity index (χ1n) is 5.67. The summed E-state index contributed by atoms with van der Waals surface area (Å²) < 4.78 is 0. The van der Waals surface area contributed by atoms with Crippen molar-refractivity contribution in [3.63, 3.8) is 0 Å². The molecule has 0 bridgehead atoms. The second-order valence-corrected chi connectivity index (χ2v) is 5.46. The summed E-state index contributed by atoms with van der Waals surface area (Å²) in [6.07, 6.45) is 2.02. The van der Waals surface area contributed by atoms with Gasteiger partial charge in [0.15, 0.2) is 0 Å². The number of carbonyl (C=O) groups is 1. The molecule has 3 nitrogen and oxygen atoms in total. The minimum atomic E-state index is -0.579. The highest BCUT2D eigenvalue weighted by atomic mass is 32.2. The molecule has 0 saturated carbocycles. The first-order chi connectivity index (χ1) is 8.04. The molecule has 0 aliphatic rings. The number of hydrogen-bond acceptors (Lipinski definition) is 3. The molecule has 0 heterocycles. The van der Waals surface area contributed by atoms with Gasteiger partial charge < -0.3 is 11.1 Å². The van der Waals surface area contributed by atoms with Gasteiger partial charge in [0.1, 0.15) is 6.04 Å². The van der Waals surface area contributed by atoms with Crippen LogP contribution in [0.5, 0.6) is 0 Å². The zero-order chi connectivity index (χ0) is 12.8. The van der Waals surface area contributed by atoms with E-state index in [0.29, 0.717) is 11.8 Å². The zero-order valence-electron chi connectivity index (χ0n) is 10.6. The number of rotatable bonds is 5. The van der Waals surface area contributed by atoms with Gasteiger partial charge >= 0.3 is 0 Å². The van der Waals surface area contributed by atoms with Crippen molar-refractivity contribution in [1.82, 2.24) is 5.32 Å². The number of carbonyl (C=O) groups excluding carboxylic acids is 1.